The lowest BCUT2D eigenvalue weighted by Crippen LogP contribution is -2.32. The zero-order valence-electron chi connectivity index (χ0n) is 12.6. The van der Waals surface area contributed by atoms with Crippen molar-refractivity contribution in [2.75, 3.05) is 13.1 Å². The first-order valence-electron chi connectivity index (χ1n) is 6.86. The lowest BCUT2D eigenvalue weighted by atomic mass is 10.2. The van der Waals surface area contributed by atoms with Gasteiger partial charge in [-0.05, 0) is 19.1 Å². The molecule has 2 rings (SSSR count). The zero-order valence-corrected chi connectivity index (χ0v) is 12.6. The van der Waals surface area contributed by atoms with Crippen LogP contribution in [0.4, 0.5) is 13.2 Å². The standard InChI is InChI=1S/C16H16F3N3O/c1-4-8-21(9-5-2)15(23)14-11(3)20-13-7-6-12(10-22(13)14)16(17,18)19/h4-7,10H,1-2,8-9H2,3H3. The third kappa shape index (κ3) is 3.28. The molecule has 0 radical (unpaired) electrons. The van der Waals surface area contributed by atoms with Crippen molar-refractivity contribution in [1.29, 1.82) is 0 Å². The molecule has 23 heavy (non-hydrogen) atoms. The van der Waals surface area contributed by atoms with E-state index in [-0.39, 0.29) is 24.4 Å². The van der Waals surface area contributed by atoms with Crippen molar-refractivity contribution >= 4 is 11.6 Å². The average Bonchev–Trinajstić information content (AvgIpc) is 2.80. The van der Waals surface area contributed by atoms with Crippen LogP contribution in [0.5, 0.6) is 0 Å². The van der Waals surface area contributed by atoms with Gasteiger partial charge in [-0.25, -0.2) is 4.98 Å². The molecule has 122 valence electrons. The molecule has 2 aromatic heterocycles. The number of carbonyl (C=O) groups excluding carboxylic acids is 1. The molecule has 0 unspecified atom stereocenters. The van der Waals surface area contributed by atoms with Crippen molar-refractivity contribution in [3.8, 4) is 0 Å². The van der Waals surface area contributed by atoms with E-state index in [9.17, 15) is 18.0 Å². The number of aryl methyl sites for hydroxylation is 1. The zero-order chi connectivity index (χ0) is 17.2. The number of halogens is 3. The molecule has 7 heteroatoms. The second-order valence-corrected chi connectivity index (χ2v) is 4.98. The Hall–Kier alpha value is -2.57. The third-order valence-corrected chi connectivity index (χ3v) is 3.31. The van der Waals surface area contributed by atoms with E-state index in [1.165, 1.54) is 15.4 Å². The SMILES string of the molecule is C=CCN(CC=C)C(=O)c1c(C)nc2ccc(C(F)(F)F)cn12. The maximum atomic E-state index is 12.9. The summed E-state index contributed by atoms with van der Waals surface area (Å²) in [5.41, 5.74) is -0.0753. The summed E-state index contributed by atoms with van der Waals surface area (Å²) in [7, 11) is 0. The quantitative estimate of drug-likeness (QED) is 0.790. The molecular weight excluding hydrogens is 307 g/mol. The van der Waals surface area contributed by atoms with Gasteiger partial charge in [-0.15, -0.1) is 13.2 Å². The molecule has 0 N–H and O–H groups in total. The Morgan fingerprint density at radius 1 is 1.30 bits per heavy atom. The molecule has 0 atom stereocenters. The molecule has 0 bridgehead atoms. The van der Waals surface area contributed by atoms with Gasteiger partial charge in [0.2, 0.25) is 0 Å². The maximum Gasteiger partial charge on any atom is 0.417 e. The number of carbonyl (C=O) groups is 1. The van der Waals surface area contributed by atoms with Crippen LogP contribution >= 0.6 is 0 Å². The van der Waals surface area contributed by atoms with Crippen molar-refractivity contribution in [3.63, 3.8) is 0 Å². The Bertz CT molecular complexity index is 752. The van der Waals surface area contributed by atoms with Gasteiger partial charge in [0.15, 0.2) is 0 Å². The molecule has 2 heterocycles. The van der Waals surface area contributed by atoms with Crippen LogP contribution in [0.25, 0.3) is 5.65 Å². The predicted octanol–water partition coefficient (Wildman–Crippen LogP) is 3.48. The average molecular weight is 323 g/mol. The largest absolute Gasteiger partial charge is 0.417 e. The summed E-state index contributed by atoms with van der Waals surface area (Å²) in [6, 6.07) is 2.19. The minimum Gasteiger partial charge on any atom is -0.330 e. The number of hydrogen-bond acceptors (Lipinski definition) is 2. The van der Waals surface area contributed by atoms with Crippen LogP contribution in [0.2, 0.25) is 0 Å². The number of fused-ring (bicyclic) bond motifs is 1. The summed E-state index contributed by atoms with van der Waals surface area (Å²) in [6.07, 6.45) is -0.515. The van der Waals surface area contributed by atoms with Crippen LogP contribution in [0.1, 0.15) is 21.7 Å². The summed E-state index contributed by atoms with van der Waals surface area (Å²) in [4.78, 5) is 18.3. The van der Waals surface area contributed by atoms with Gasteiger partial charge in [-0.1, -0.05) is 12.2 Å². The Kier molecular flexibility index (Phi) is 4.58. The summed E-state index contributed by atoms with van der Waals surface area (Å²) < 4.78 is 39.9. The highest BCUT2D eigenvalue weighted by Crippen LogP contribution is 2.30. The van der Waals surface area contributed by atoms with Crippen LogP contribution in [-0.4, -0.2) is 33.3 Å². The summed E-state index contributed by atoms with van der Waals surface area (Å²) in [6.45, 7) is 9.27. The first-order valence-corrected chi connectivity index (χ1v) is 6.86. The Morgan fingerprint density at radius 2 is 1.91 bits per heavy atom. The molecule has 0 fully saturated rings. The molecule has 1 amide bonds. The third-order valence-electron chi connectivity index (χ3n) is 3.31. The van der Waals surface area contributed by atoms with Gasteiger partial charge in [-0.2, -0.15) is 13.2 Å². The van der Waals surface area contributed by atoms with Crippen molar-refractivity contribution in [2.45, 2.75) is 13.1 Å². The molecule has 0 aliphatic heterocycles. The van der Waals surface area contributed by atoms with E-state index < -0.39 is 17.6 Å². The van der Waals surface area contributed by atoms with E-state index in [0.29, 0.717) is 5.69 Å². The Morgan fingerprint density at radius 3 is 2.43 bits per heavy atom. The highest BCUT2D eigenvalue weighted by Gasteiger charge is 2.32. The van der Waals surface area contributed by atoms with Crippen LogP contribution in [0.15, 0.2) is 43.6 Å². The van der Waals surface area contributed by atoms with Crippen LogP contribution in [0.3, 0.4) is 0 Å². The van der Waals surface area contributed by atoms with Crippen LogP contribution in [0, 0.1) is 6.92 Å². The normalized spacial score (nSPS) is 11.5. The van der Waals surface area contributed by atoms with Gasteiger partial charge in [0.1, 0.15) is 11.3 Å². The van der Waals surface area contributed by atoms with Gasteiger partial charge in [-0.3, -0.25) is 9.20 Å². The van der Waals surface area contributed by atoms with Crippen LogP contribution < -0.4 is 0 Å². The van der Waals surface area contributed by atoms with Crippen molar-refractivity contribution in [1.82, 2.24) is 14.3 Å². The number of hydrogen-bond donors (Lipinski definition) is 0. The van der Waals surface area contributed by atoms with E-state index in [0.717, 1.165) is 12.3 Å². The molecule has 4 nitrogen and oxygen atoms in total. The van der Waals surface area contributed by atoms with E-state index >= 15 is 0 Å². The lowest BCUT2D eigenvalue weighted by molar-refractivity contribution is -0.137. The van der Waals surface area contributed by atoms with Gasteiger partial charge in [0.05, 0.1) is 11.3 Å². The number of amides is 1. The first kappa shape index (κ1) is 16.8. The van der Waals surface area contributed by atoms with Crippen LogP contribution in [-0.2, 0) is 6.18 Å². The molecule has 2 aromatic rings. The fraction of sp³-hybridized carbons (Fsp3) is 0.250. The maximum absolute atomic E-state index is 12.9. The van der Waals surface area contributed by atoms with Crippen molar-refractivity contribution in [2.24, 2.45) is 0 Å². The first-order chi connectivity index (χ1) is 10.8. The highest BCUT2D eigenvalue weighted by atomic mass is 19.4. The molecule has 0 saturated heterocycles. The fourth-order valence-corrected chi connectivity index (χ4v) is 2.29. The van der Waals surface area contributed by atoms with Gasteiger partial charge in [0.25, 0.3) is 5.91 Å². The Labute approximate surface area is 131 Å². The minimum absolute atomic E-state index is 0.106. The topological polar surface area (TPSA) is 37.6 Å². The molecular formula is C16H16F3N3O. The molecule has 0 saturated carbocycles. The number of nitrogens with zero attached hydrogens (tertiary/aromatic N) is 3. The summed E-state index contributed by atoms with van der Waals surface area (Å²) >= 11 is 0. The van der Waals surface area contributed by atoms with Crippen molar-refractivity contribution in [3.05, 3.63) is 60.6 Å². The lowest BCUT2D eigenvalue weighted by Gasteiger charge is -2.19. The molecule has 0 aliphatic rings. The smallest absolute Gasteiger partial charge is 0.330 e. The number of alkyl halides is 3. The molecule has 0 aromatic carbocycles. The van der Waals surface area contributed by atoms with E-state index in [1.54, 1.807) is 19.1 Å². The van der Waals surface area contributed by atoms with Gasteiger partial charge < -0.3 is 4.90 Å². The van der Waals surface area contributed by atoms with Gasteiger partial charge >= 0.3 is 6.18 Å². The minimum atomic E-state index is -4.49. The second-order valence-electron chi connectivity index (χ2n) is 4.98. The van der Waals surface area contributed by atoms with E-state index in [2.05, 4.69) is 18.1 Å². The Balaban J connectivity index is 2.58. The predicted molar refractivity (Wildman–Crippen MR) is 81.2 cm³/mol. The number of imidazole rings is 1. The number of aromatic nitrogens is 2. The number of pyridine rings is 1. The molecule has 0 aliphatic carbocycles. The van der Waals surface area contributed by atoms with Gasteiger partial charge in [0, 0.05) is 19.3 Å². The van der Waals surface area contributed by atoms with E-state index in [1.807, 2.05) is 0 Å². The number of rotatable bonds is 5. The summed E-state index contributed by atoms with van der Waals surface area (Å²) in [5.74, 6) is -0.422. The second kappa shape index (κ2) is 6.28. The fourth-order valence-electron chi connectivity index (χ4n) is 2.29. The van der Waals surface area contributed by atoms with E-state index in [4.69, 9.17) is 0 Å². The highest BCUT2D eigenvalue weighted by molar-refractivity contribution is 5.95. The molecule has 0 spiro atoms. The van der Waals surface area contributed by atoms with Crippen molar-refractivity contribution < 1.29 is 18.0 Å². The monoisotopic (exact) mass is 323 g/mol. The summed E-state index contributed by atoms with van der Waals surface area (Å²) in [5, 5.41) is 0.